The lowest BCUT2D eigenvalue weighted by atomic mass is 9.82. The lowest BCUT2D eigenvalue weighted by molar-refractivity contribution is -0.147. The van der Waals surface area contributed by atoms with E-state index in [4.69, 9.17) is 4.74 Å². The fourth-order valence-corrected chi connectivity index (χ4v) is 7.96. The van der Waals surface area contributed by atoms with Gasteiger partial charge in [0.1, 0.15) is 23.9 Å². The SMILES string of the molecule is CCCC(NC(=O)C1Cc2ccc3cc2CN1C(=O)C(C1CCCCC1)NC(=O)CCCCCCO3)C(=O)C(=O)NCC(=O)NC(C(=O)N(C)C)c1ccccc1. The molecule has 0 saturated heterocycles. The molecule has 1 aliphatic carbocycles. The first-order valence-electron chi connectivity index (χ1n) is 20.5. The summed E-state index contributed by atoms with van der Waals surface area (Å²) >= 11 is 0. The number of nitrogens with one attached hydrogen (secondary N) is 4. The summed E-state index contributed by atoms with van der Waals surface area (Å²) < 4.78 is 6.04. The van der Waals surface area contributed by atoms with E-state index in [1.807, 2.05) is 25.1 Å². The van der Waals surface area contributed by atoms with E-state index in [0.29, 0.717) is 37.2 Å². The van der Waals surface area contributed by atoms with Crippen LogP contribution >= 0.6 is 0 Å². The third-order valence-electron chi connectivity index (χ3n) is 11.1. The molecule has 0 spiro atoms. The number of likely N-dealkylation sites (N-methyl/N-ethyl adjacent to an activating group) is 1. The van der Waals surface area contributed by atoms with Crippen molar-refractivity contribution >= 4 is 41.2 Å². The number of hydrogen-bond acceptors (Lipinski definition) is 8. The number of ketones is 1. The first-order valence-corrected chi connectivity index (χ1v) is 20.5. The van der Waals surface area contributed by atoms with Gasteiger partial charge in [-0.3, -0.25) is 33.6 Å². The van der Waals surface area contributed by atoms with Crippen molar-refractivity contribution in [2.45, 2.75) is 121 Å². The van der Waals surface area contributed by atoms with Crippen molar-refractivity contribution < 1.29 is 38.3 Å². The number of fused-ring (bicyclic) bond motifs is 2. The highest BCUT2D eigenvalue weighted by atomic mass is 16.5. The van der Waals surface area contributed by atoms with Gasteiger partial charge >= 0.3 is 0 Å². The Morgan fingerprint density at radius 1 is 0.895 bits per heavy atom. The number of rotatable bonds is 12. The molecule has 1 saturated carbocycles. The Labute approximate surface area is 335 Å². The molecule has 2 aliphatic heterocycles. The number of benzene rings is 2. The lowest BCUT2D eigenvalue weighted by Gasteiger charge is -2.40. The molecule has 14 nitrogen and oxygen atoms in total. The first-order chi connectivity index (χ1) is 27.5. The Bertz CT molecular complexity index is 1760. The smallest absolute Gasteiger partial charge is 0.290 e. The van der Waals surface area contributed by atoms with Crippen molar-refractivity contribution in [1.29, 1.82) is 0 Å². The molecule has 4 N–H and O–H groups in total. The monoisotopic (exact) mass is 786 g/mol. The van der Waals surface area contributed by atoms with Crippen molar-refractivity contribution in [2.24, 2.45) is 5.92 Å². The standard InChI is InChI=1S/C43H58N6O8/c1-4-15-33(39(52)41(54)44-26-36(51)47-37(42(55)48(2)3)28-16-9-7-10-17-28)45-40(53)34-25-30-21-22-32-24-31(30)27-49(34)43(56)38(29-18-11-8-12-19-29)46-35(50)20-13-5-6-14-23-57-32/h7,9-10,16-17,21-22,24,29,33-34,37-38H,4-6,8,11-15,18-20,23,25-27H2,1-3H3,(H,44,54)(H,45,53)(H,46,50)(H,47,51). The van der Waals surface area contributed by atoms with E-state index in [1.165, 1.54) is 9.80 Å². The summed E-state index contributed by atoms with van der Waals surface area (Å²) in [7, 11) is 3.13. The average Bonchev–Trinajstić information content (AvgIpc) is 3.22. The highest BCUT2D eigenvalue weighted by Crippen LogP contribution is 2.32. The topological polar surface area (TPSA) is 183 Å². The van der Waals surface area contributed by atoms with Gasteiger partial charge in [0.25, 0.3) is 5.91 Å². The van der Waals surface area contributed by atoms with Crippen LogP contribution in [0.4, 0.5) is 0 Å². The van der Waals surface area contributed by atoms with Gasteiger partial charge in [-0.1, -0.05) is 81.8 Å². The molecule has 4 atom stereocenters. The van der Waals surface area contributed by atoms with Crippen LogP contribution in [0.1, 0.15) is 107 Å². The van der Waals surface area contributed by atoms with Gasteiger partial charge < -0.3 is 35.8 Å². The van der Waals surface area contributed by atoms with Gasteiger partial charge in [0.15, 0.2) is 0 Å². The fraction of sp³-hybridized carbons (Fsp3) is 0.558. The highest BCUT2D eigenvalue weighted by Gasteiger charge is 2.42. The van der Waals surface area contributed by atoms with Crippen LogP contribution in [0, 0.1) is 5.92 Å². The predicted molar refractivity (Wildman–Crippen MR) is 212 cm³/mol. The molecule has 0 radical (unpaired) electrons. The second-order valence-electron chi connectivity index (χ2n) is 15.6. The van der Waals surface area contributed by atoms with Crippen molar-refractivity contribution in [3.63, 3.8) is 0 Å². The van der Waals surface area contributed by atoms with Crippen LogP contribution in [-0.2, 0) is 46.5 Å². The summed E-state index contributed by atoms with van der Waals surface area (Å²) in [5.41, 5.74) is 2.25. The van der Waals surface area contributed by atoms with E-state index < -0.39 is 54.2 Å². The van der Waals surface area contributed by atoms with E-state index in [9.17, 15) is 33.6 Å². The number of nitrogens with zero attached hydrogens (tertiary/aromatic N) is 2. The minimum absolute atomic E-state index is 0.0758. The fourth-order valence-electron chi connectivity index (χ4n) is 7.96. The molecule has 1 fully saturated rings. The lowest BCUT2D eigenvalue weighted by Crippen LogP contribution is -2.61. The zero-order valence-corrected chi connectivity index (χ0v) is 33.5. The van der Waals surface area contributed by atoms with E-state index in [0.717, 1.165) is 62.5 Å². The maximum absolute atomic E-state index is 14.7. The van der Waals surface area contributed by atoms with Crippen LogP contribution in [0.25, 0.3) is 0 Å². The highest BCUT2D eigenvalue weighted by molar-refractivity contribution is 6.38. The van der Waals surface area contributed by atoms with Gasteiger partial charge in [0, 0.05) is 33.5 Å². The van der Waals surface area contributed by atoms with Crippen LogP contribution in [0.5, 0.6) is 5.75 Å². The molecule has 6 amide bonds. The molecular weight excluding hydrogens is 729 g/mol. The average molecular weight is 787 g/mol. The van der Waals surface area contributed by atoms with Gasteiger partial charge in [0.2, 0.25) is 35.3 Å². The number of amides is 6. The minimum atomic E-state index is -1.23. The quantitative estimate of drug-likeness (QED) is 0.237. The largest absolute Gasteiger partial charge is 0.494 e. The van der Waals surface area contributed by atoms with Gasteiger partial charge in [-0.2, -0.15) is 0 Å². The summed E-state index contributed by atoms with van der Waals surface area (Å²) in [5, 5.41) is 10.8. The van der Waals surface area contributed by atoms with E-state index in [-0.39, 0.29) is 43.0 Å². The maximum Gasteiger partial charge on any atom is 0.290 e. The van der Waals surface area contributed by atoms with Gasteiger partial charge in [-0.25, -0.2) is 0 Å². The third-order valence-corrected chi connectivity index (χ3v) is 11.1. The molecular formula is C43H58N6O8. The Balaban J connectivity index is 1.33. The molecule has 5 rings (SSSR count). The molecule has 3 aliphatic rings. The van der Waals surface area contributed by atoms with Crippen molar-refractivity contribution in [3.05, 3.63) is 65.2 Å². The predicted octanol–water partition coefficient (Wildman–Crippen LogP) is 3.26. The molecule has 57 heavy (non-hydrogen) atoms. The second-order valence-corrected chi connectivity index (χ2v) is 15.6. The molecule has 2 aromatic rings. The Hall–Kier alpha value is -5.27. The number of carbonyl (C=O) groups excluding carboxylic acids is 7. The first kappa shape index (κ1) is 42.9. The van der Waals surface area contributed by atoms with Crippen LogP contribution in [0.3, 0.4) is 0 Å². The van der Waals surface area contributed by atoms with Crippen molar-refractivity contribution in [3.8, 4) is 5.75 Å². The molecule has 4 unspecified atom stereocenters. The molecule has 2 aromatic carbocycles. The molecule has 3 bridgehead atoms. The van der Waals surface area contributed by atoms with Crippen molar-refractivity contribution in [2.75, 3.05) is 27.2 Å². The summed E-state index contributed by atoms with van der Waals surface area (Å²) in [4.78, 5) is 97.8. The number of carbonyl (C=O) groups is 7. The molecule has 308 valence electrons. The summed E-state index contributed by atoms with van der Waals surface area (Å²) in [6, 6.07) is 10.3. The van der Waals surface area contributed by atoms with Crippen LogP contribution in [0.2, 0.25) is 0 Å². The third kappa shape index (κ3) is 11.6. The minimum Gasteiger partial charge on any atom is -0.494 e. The molecule has 14 heteroatoms. The number of ether oxygens (including phenoxy) is 1. The van der Waals surface area contributed by atoms with Gasteiger partial charge in [0.05, 0.1) is 19.2 Å². The van der Waals surface area contributed by atoms with Crippen LogP contribution in [-0.4, -0.2) is 96.4 Å². The van der Waals surface area contributed by atoms with Gasteiger partial charge in [-0.05, 0) is 66.8 Å². The summed E-state index contributed by atoms with van der Waals surface area (Å²) in [5.74, 6) is -3.58. The van der Waals surface area contributed by atoms with E-state index in [1.54, 1.807) is 44.4 Å². The Kier molecular flexibility index (Phi) is 15.6. The van der Waals surface area contributed by atoms with Crippen LogP contribution in [0.15, 0.2) is 48.5 Å². The van der Waals surface area contributed by atoms with E-state index >= 15 is 0 Å². The molecule has 0 aromatic heterocycles. The Morgan fingerprint density at radius 3 is 2.33 bits per heavy atom. The van der Waals surface area contributed by atoms with Crippen LogP contribution < -0.4 is 26.0 Å². The normalized spacial score (nSPS) is 20.3. The zero-order valence-electron chi connectivity index (χ0n) is 33.5. The van der Waals surface area contributed by atoms with E-state index in [2.05, 4.69) is 21.3 Å². The van der Waals surface area contributed by atoms with Crippen molar-refractivity contribution in [1.82, 2.24) is 31.1 Å². The Morgan fingerprint density at radius 2 is 1.61 bits per heavy atom. The molecule has 2 heterocycles. The number of hydrogen-bond donors (Lipinski definition) is 4. The summed E-state index contributed by atoms with van der Waals surface area (Å²) in [6.45, 7) is 1.86. The number of Topliss-reactive ketones (excluding diaryl/α,β-unsaturated/α-hetero) is 1. The zero-order chi connectivity index (χ0) is 40.9. The maximum atomic E-state index is 14.7. The second kappa shape index (κ2) is 20.8. The summed E-state index contributed by atoms with van der Waals surface area (Å²) in [6.07, 6.45) is 8.92. The van der Waals surface area contributed by atoms with Gasteiger partial charge in [-0.15, -0.1) is 0 Å².